The van der Waals surface area contributed by atoms with Crippen LogP contribution < -0.4 is 15.7 Å². The van der Waals surface area contributed by atoms with Crippen LogP contribution in [0.4, 0.5) is 0 Å². The Balaban J connectivity index is 1.47. The van der Waals surface area contributed by atoms with E-state index in [9.17, 15) is 14.4 Å². The van der Waals surface area contributed by atoms with Crippen LogP contribution >= 0.6 is 0 Å². The number of rotatable bonds is 6. The summed E-state index contributed by atoms with van der Waals surface area (Å²) < 4.78 is 15.6. The predicted molar refractivity (Wildman–Crippen MR) is 108 cm³/mol. The Hall–Kier alpha value is -2.83. The van der Waals surface area contributed by atoms with Crippen molar-refractivity contribution in [2.24, 2.45) is 11.8 Å². The molecular formula is C22H27NO6. The molecule has 1 saturated carbocycles. The first-order chi connectivity index (χ1) is 13.8. The molecule has 7 nitrogen and oxygen atoms in total. The quantitative estimate of drug-likeness (QED) is 0.591. The second kappa shape index (κ2) is 9.11. The maximum absolute atomic E-state index is 12.1. The fraction of sp³-hybridized carbons (Fsp3) is 0.500. The Labute approximate surface area is 169 Å². The van der Waals surface area contributed by atoms with Gasteiger partial charge < -0.3 is 19.2 Å². The summed E-state index contributed by atoms with van der Waals surface area (Å²) in [6.07, 6.45) is 3.22. The Kier molecular flexibility index (Phi) is 6.56. The molecular weight excluding hydrogens is 374 g/mol. The van der Waals surface area contributed by atoms with Gasteiger partial charge in [-0.3, -0.25) is 4.79 Å². The van der Waals surface area contributed by atoms with Gasteiger partial charge in [0.15, 0.2) is 13.2 Å². The van der Waals surface area contributed by atoms with Crippen LogP contribution in [0.3, 0.4) is 0 Å². The normalized spacial score (nSPS) is 21.6. The number of aryl methyl sites for hydroxylation is 1. The highest BCUT2D eigenvalue weighted by molar-refractivity contribution is 5.82. The summed E-state index contributed by atoms with van der Waals surface area (Å²) in [6, 6.07) is 6.53. The zero-order valence-corrected chi connectivity index (χ0v) is 17.0. The number of amides is 1. The van der Waals surface area contributed by atoms with E-state index in [1.165, 1.54) is 12.5 Å². The molecule has 3 rings (SSSR count). The second-order valence-electron chi connectivity index (χ2n) is 7.80. The second-order valence-corrected chi connectivity index (χ2v) is 7.80. The van der Waals surface area contributed by atoms with Gasteiger partial charge in [-0.2, -0.15) is 0 Å². The standard InChI is InChI=1S/C22H27NO6/c1-13-5-4-6-18(15(13)3)23-20(24)11-28-22(26)12-27-16-7-8-17-14(2)9-21(25)29-19(17)10-16/h7-10,13,15,18H,4-6,11-12H2,1-3H3,(H,23,24)/t13-,15-,18+/m0/s1. The fourth-order valence-corrected chi connectivity index (χ4v) is 3.76. The van der Waals surface area contributed by atoms with Crippen LogP contribution in [0, 0.1) is 18.8 Å². The van der Waals surface area contributed by atoms with Crippen molar-refractivity contribution in [2.75, 3.05) is 13.2 Å². The Morgan fingerprint density at radius 3 is 2.76 bits per heavy atom. The van der Waals surface area contributed by atoms with Crippen molar-refractivity contribution >= 4 is 22.8 Å². The summed E-state index contributed by atoms with van der Waals surface area (Å²) >= 11 is 0. The Morgan fingerprint density at radius 1 is 1.17 bits per heavy atom. The Morgan fingerprint density at radius 2 is 1.97 bits per heavy atom. The van der Waals surface area contributed by atoms with Gasteiger partial charge in [0.25, 0.3) is 5.91 Å². The van der Waals surface area contributed by atoms with Crippen LogP contribution in [-0.4, -0.2) is 31.1 Å². The third kappa shape index (κ3) is 5.37. The van der Waals surface area contributed by atoms with Gasteiger partial charge in [0.2, 0.25) is 0 Å². The molecule has 2 aromatic rings. The maximum atomic E-state index is 12.1. The number of carbonyl (C=O) groups is 2. The van der Waals surface area contributed by atoms with Gasteiger partial charge in [0.05, 0.1) is 0 Å². The average Bonchev–Trinajstić information content (AvgIpc) is 2.68. The molecule has 1 aliphatic rings. The van der Waals surface area contributed by atoms with Crippen LogP contribution in [0.15, 0.2) is 33.5 Å². The largest absolute Gasteiger partial charge is 0.482 e. The summed E-state index contributed by atoms with van der Waals surface area (Å²) in [6.45, 7) is 5.48. The van der Waals surface area contributed by atoms with Crippen molar-refractivity contribution in [3.05, 3.63) is 40.2 Å². The molecule has 7 heteroatoms. The number of ether oxygens (including phenoxy) is 2. The van der Waals surface area contributed by atoms with Gasteiger partial charge in [-0.25, -0.2) is 9.59 Å². The van der Waals surface area contributed by atoms with Gasteiger partial charge in [0.1, 0.15) is 11.3 Å². The highest BCUT2D eigenvalue weighted by atomic mass is 16.6. The third-order valence-electron chi connectivity index (χ3n) is 5.70. The molecule has 0 bridgehead atoms. The third-order valence-corrected chi connectivity index (χ3v) is 5.70. The first-order valence-electron chi connectivity index (χ1n) is 9.96. The molecule has 1 fully saturated rings. The highest BCUT2D eigenvalue weighted by Gasteiger charge is 2.28. The average molecular weight is 401 g/mol. The SMILES string of the molecule is Cc1cc(=O)oc2cc(OCC(=O)OCC(=O)N[C@@H]3CCC[C@H](C)[C@@H]3C)ccc12. The molecule has 1 aliphatic carbocycles. The number of benzene rings is 1. The number of hydrogen-bond acceptors (Lipinski definition) is 6. The number of nitrogens with one attached hydrogen (secondary N) is 1. The van der Waals surface area contributed by atoms with Crippen molar-refractivity contribution in [3.63, 3.8) is 0 Å². The lowest BCUT2D eigenvalue weighted by atomic mass is 9.78. The molecule has 1 N–H and O–H groups in total. The summed E-state index contributed by atoms with van der Waals surface area (Å²) in [5.74, 6) is 0.407. The molecule has 1 amide bonds. The van der Waals surface area contributed by atoms with Gasteiger partial charge in [-0.15, -0.1) is 0 Å². The lowest BCUT2D eigenvalue weighted by molar-refractivity contribution is -0.150. The van der Waals surface area contributed by atoms with Crippen molar-refractivity contribution in [1.82, 2.24) is 5.32 Å². The van der Waals surface area contributed by atoms with Crippen LogP contribution in [0.5, 0.6) is 5.75 Å². The van der Waals surface area contributed by atoms with Gasteiger partial charge >= 0.3 is 11.6 Å². The Bertz CT molecular complexity index is 950. The molecule has 29 heavy (non-hydrogen) atoms. The number of hydrogen-bond donors (Lipinski definition) is 1. The van der Waals surface area contributed by atoms with Crippen molar-refractivity contribution in [3.8, 4) is 5.75 Å². The van der Waals surface area contributed by atoms with Crippen LogP contribution in [0.2, 0.25) is 0 Å². The van der Waals surface area contributed by atoms with E-state index in [1.54, 1.807) is 18.2 Å². The van der Waals surface area contributed by atoms with Crippen molar-refractivity contribution in [1.29, 1.82) is 0 Å². The molecule has 0 radical (unpaired) electrons. The van der Waals surface area contributed by atoms with Crippen LogP contribution in [-0.2, 0) is 14.3 Å². The minimum absolute atomic E-state index is 0.122. The summed E-state index contributed by atoms with van der Waals surface area (Å²) in [7, 11) is 0. The van der Waals surface area contributed by atoms with E-state index < -0.39 is 11.6 Å². The van der Waals surface area contributed by atoms with Crippen molar-refractivity contribution < 1.29 is 23.5 Å². The van der Waals surface area contributed by atoms with E-state index in [1.807, 2.05) is 6.92 Å². The molecule has 1 heterocycles. The first-order valence-corrected chi connectivity index (χ1v) is 9.96. The van der Waals surface area contributed by atoms with Gasteiger partial charge in [-0.05, 0) is 42.9 Å². The maximum Gasteiger partial charge on any atom is 0.344 e. The zero-order valence-electron chi connectivity index (χ0n) is 17.0. The van der Waals surface area contributed by atoms with Gasteiger partial charge in [-0.1, -0.05) is 26.7 Å². The minimum atomic E-state index is -0.643. The monoisotopic (exact) mass is 401 g/mol. The van der Waals surface area contributed by atoms with Crippen LogP contribution in [0.25, 0.3) is 11.0 Å². The van der Waals surface area contributed by atoms with E-state index in [0.29, 0.717) is 23.2 Å². The first kappa shape index (κ1) is 20.9. The molecule has 156 valence electrons. The summed E-state index contributed by atoms with van der Waals surface area (Å²) in [5.41, 5.74) is 0.741. The molecule has 3 atom stereocenters. The van der Waals surface area contributed by atoms with Crippen LogP contribution in [0.1, 0.15) is 38.7 Å². The van der Waals surface area contributed by atoms with E-state index >= 15 is 0 Å². The van der Waals surface area contributed by atoms with E-state index in [4.69, 9.17) is 13.9 Å². The molecule has 0 unspecified atom stereocenters. The molecule has 0 spiro atoms. The lowest BCUT2D eigenvalue weighted by Gasteiger charge is -2.34. The van der Waals surface area contributed by atoms with E-state index in [0.717, 1.165) is 23.8 Å². The van der Waals surface area contributed by atoms with Crippen molar-refractivity contribution in [2.45, 2.75) is 46.1 Å². The number of fused-ring (bicyclic) bond motifs is 1. The number of carbonyl (C=O) groups excluding carboxylic acids is 2. The molecule has 1 aromatic carbocycles. The molecule has 0 saturated heterocycles. The zero-order chi connectivity index (χ0) is 21.0. The highest BCUT2D eigenvalue weighted by Crippen LogP contribution is 2.29. The molecule has 0 aliphatic heterocycles. The smallest absolute Gasteiger partial charge is 0.344 e. The predicted octanol–water partition coefficient (Wildman–Crippen LogP) is 2.96. The summed E-state index contributed by atoms with van der Waals surface area (Å²) in [4.78, 5) is 35.5. The fourth-order valence-electron chi connectivity index (χ4n) is 3.76. The van der Waals surface area contributed by atoms with E-state index in [2.05, 4.69) is 19.2 Å². The minimum Gasteiger partial charge on any atom is -0.482 e. The lowest BCUT2D eigenvalue weighted by Crippen LogP contribution is -2.45. The van der Waals surface area contributed by atoms with Gasteiger partial charge in [0, 0.05) is 23.6 Å². The molecule has 1 aromatic heterocycles. The number of esters is 1. The summed E-state index contributed by atoms with van der Waals surface area (Å²) in [5, 5.41) is 3.75. The topological polar surface area (TPSA) is 94.8 Å². The van der Waals surface area contributed by atoms with E-state index in [-0.39, 0.29) is 25.2 Å².